The number of hydrogen-bond donors (Lipinski definition) is 2. The third-order valence-corrected chi connectivity index (χ3v) is 3.75. The Labute approximate surface area is 104 Å². The SMILES string of the molecule is CC(Cn1ccnc1)NC1CCCCC1CN. The van der Waals surface area contributed by atoms with Crippen LogP contribution in [0, 0.1) is 5.92 Å². The molecular weight excluding hydrogens is 212 g/mol. The lowest BCUT2D eigenvalue weighted by Crippen LogP contribution is -2.46. The van der Waals surface area contributed by atoms with Gasteiger partial charge >= 0.3 is 0 Å². The molecule has 2 rings (SSSR count). The molecule has 0 radical (unpaired) electrons. The summed E-state index contributed by atoms with van der Waals surface area (Å²) in [6.07, 6.45) is 11.0. The average Bonchev–Trinajstić information content (AvgIpc) is 2.82. The fraction of sp³-hybridized carbons (Fsp3) is 0.769. The van der Waals surface area contributed by atoms with Crippen molar-refractivity contribution in [1.82, 2.24) is 14.9 Å². The molecule has 1 aromatic rings. The van der Waals surface area contributed by atoms with Crippen LogP contribution in [0.5, 0.6) is 0 Å². The summed E-state index contributed by atoms with van der Waals surface area (Å²) in [5.41, 5.74) is 5.85. The first-order valence-corrected chi connectivity index (χ1v) is 6.71. The van der Waals surface area contributed by atoms with E-state index in [1.165, 1.54) is 25.7 Å². The van der Waals surface area contributed by atoms with Crippen LogP contribution in [0.1, 0.15) is 32.6 Å². The molecule has 1 heterocycles. The molecule has 1 aromatic heterocycles. The highest BCUT2D eigenvalue weighted by molar-refractivity contribution is 4.84. The summed E-state index contributed by atoms with van der Waals surface area (Å²) in [6, 6.07) is 1.08. The largest absolute Gasteiger partial charge is 0.336 e. The second-order valence-electron chi connectivity index (χ2n) is 5.21. The maximum atomic E-state index is 5.85. The summed E-state index contributed by atoms with van der Waals surface area (Å²) in [5.74, 6) is 0.661. The van der Waals surface area contributed by atoms with E-state index in [1.54, 1.807) is 0 Å². The van der Waals surface area contributed by atoms with Crippen LogP contribution in [0.2, 0.25) is 0 Å². The van der Waals surface area contributed by atoms with Crippen molar-refractivity contribution in [3.8, 4) is 0 Å². The Morgan fingerprint density at radius 1 is 1.47 bits per heavy atom. The number of rotatable bonds is 5. The van der Waals surface area contributed by atoms with Gasteiger partial charge in [0.15, 0.2) is 0 Å². The molecular formula is C13H24N4. The zero-order chi connectivity index (χ0) is 12.1. The van der Waals surface area contributed by atoms with E-state index in [1.807, 2.05) is 18.7 Å². The number of nitrogens with zero attached hydrogens (tertiary/aromatic N) is 2. The topological polar surface area (TPSA) is 55.9 Å². The number of nitrogens with one attached hydrogen (secondary N) is 1. The van der Waals surface area contributed by atoms with E-state index in [-0.39, 0.29) is 0 Å². The van der Waals surface area contributed by atoms with E-state index < -0.39 is 0 Å². The van der Waals surface area contributed by atoms with Crippen LogP contribution >= 0.6 is 0 Å². The van der Waals surface area contributed by atoms with Gasteiger partial charge in [-0.15, -0.1) is 0 Å². The first-order valence-electron chi connectivity index (χ1n) is 6.71. The van der Waals surface area contributed by atoms with Crippen molar-refractivity contribution in [3.63, 3.8) is 0 Å². The zero-order valence-electron chi connectivity index (χ0n) is 10.7. The lowest BCUT2D eigenvalue weighted by atomic mass is 9.84. The Balaban J connectivity index is 1.82. The molecule has 1 aliphatic carbocycles. The van der Waals surface area contributed by atoms with Gasteiger partial charge in [0.2, 0.25) is 0 Å². The van der Waals surface area contributed by atoms with E-state index in [2.05, 4.69) is 21.8 Å². The van der Waals surface area contributed by atoms with Gasteiger partial charge in [0.25, 0.3) is 0 Å². The van der Waals surface area contributed by atoms with Crippen LogP contribution < -0.4 is 11.1 Å². The standard InChI is InChI=1S/C13H24N4/c1-11(9-17-7-6-15-10-17)16-13-5-3-2-4-12(13)8-14/h6-7,10-13,16H,2-5,8-9,14H2,1H3. The first-order chi connectivity index (χ1) is 8.29. The third-order valence-electron chi connectivity index (χ3n) is 3.75. The van der Waals surface area contributed by atoms with Crippen molar-refractivity contribution >= 4 is 0 Å². The van der Waals surface area contributed by atoms with Gasteiger partial charge in [-0.1, -0.05) is 12.8 Å². The van der Waals surface area contributed by atoms with Crippen molar-refractivity contribution in [2.45, 2.75) is 51.2 Å². The molecule has 0 aromatic carbocycles. The van der Waals surface area contributed by atoms with Crippen molar-refractivity contribution in [2.24, 2.45) is 11.7 Å². The molecule has 0 amide bonds. The highest BCUT2D eigenvalue weighted by Crippen LogP contribution is 2.23. The van der Waals surface area contributed by atoms with Gasteiger partial charge in [-0.3, -0.25) is 0 Å². The van der Waals surface area contributed by atoms with Crippen LogP contribution in [0.15, 0.2) is 18.7 Å². The minimum Gasteiger partial charge on any atom is -0.336 e. The van der Waals surface area contributed by atoms with Crippen molar-refractivity contribution < 1.29 is 0 Å². The predicted molar refractivity (Wildman–Crippen MR) is 69.6 cm³/mol. The summed E-state index contributed by atoms with van der Waals surface area (Å²) in [4.78, 5) is 4.07. The predicted octanol–water partition coefficient (Wildman–Crippen LogP) is 1.38. The Hall–Kier alpha value is -0.870. The molecule has 1 aliphatic rings. The Kier molecular flexibility index (Phi) is 4.57. The minimum atomic E-state index is 0.473. The highest BCUT2D eigenvalue weighted by atomic mass is 15.1. The molecule has 4 heteroatoms. The first kappa shape index (κ1) is 12.6. The van der Waals surface area contributed by atoms with E-state index in [0.29, 0.717) is 18.0 Å². The molecule has 96 valence electrons. The van der Waals surface area contributed by atoms with Gasteiger partial charge in [-0.05, 0) is 32.2 Å². The van der Waals surface area contributed by atoms with Crippen LogP contribution in [-0.2, 0) is 6.54 Å². The maximum absolute atomic E-state index is 5.85. The van der Waals surface area contributed by atoms with Gasteiger partial charge in [0.05, 0.1) is 6.33 Å². The summed E-state index contributed by atoms with van der Waals surface area (Å²) >= 11 is 0. The van der Waals surface area contributed by atoms with E-state index in [0.717, 1.165) is 13.1 Å². The van der Waals surface area contributed by atoms with E-state index in [4.69, 9.17) is 5.73 Å². The molecule has 0 bridgehead atoms. The number of nitrogens with two attached hydrogens (primary N) is 1. The minimum absolute atomic E-state index is 0.473. The van der Waals surface area contributed by atoms with Gasteiger partial charge in [0, 0.05) is 31.0 Å². The van der Waals surface area contributed by atoms with Crippen molar-refractivity contribution in [3.05, 3.63) is 18.7 Å². The van der Waals surface area contributed by atoms with Crippen LogP contribution in [0.3, 0.4) is 0 Å². The molecule has 3 N–H and O–H groups in total. The third kappa shape index (κ3) is 3.54. The summed E-state index contributed by atoms with van der Waals surface area (Å²) < 4.78 is 2.12. The fourth-order valence-electron chi connectivity index (χ4n) is 2.84. The molecule has 17 heavy (non-hydrogen) atoms. The lowest BCUT2D eigenvalue weighted by Gasteiger charge is -2.33. The van der Waals surface area contributed by atoms with Gasteiger partial charge in [-0.2, -0.15) is 0 Å². The quantitative estimate of drug-likeness (QED) is 0.812. The van der Waals surface area contributed by atoms with E-state index in [9.17, 15) is 0 Å². The second-order valence-corrected chi connectivity index (χ2v) is 5.21. The summed E-state index contributed by atoms with van der Waals surface area (Å²) in [7, 11) is 0. The molecule has 3 atom stereocenters. The molecule has 0 spiro atoms. The van der Waals surface area contributed by atoms with Crippen molar-refractivity contribution in [1.29, 1.82) is 0 Å². The van der Waals surface area contributed by atoms with Gasteiger partial charge in [-0.25, -0.2) is 4.98 Å². The Morgan fingerprint density at radius 3 is 3.00 bits per heavy atom. The lowest BCUT2D eigenvalue weighted by molar-refractivity contribution is 0.244. The van der Waals surface area contributed by atoms with E-state index >= 15 is 0 Å². The van der Waals surface area contributed by atoms with Gasteiger partial charge < -0.3 is 15.6 Å². The fourth-order valence-corrected chi connectivity index (χ4v) is 2.84. The average molecular weight is 236 g/mol. The smallest absolute Gasteiger partial charge is 0.0946 e. The number of hydrogen-bond acceptors (Lipinski definition) is 3. The van der Waals surface area contributed by atoms with Crippen LogP contribution in [0.25, 0.3) is 0 Å². The monoisotopic (exact) mass is 236 g/mol. The number of aromatic nitrogens is 2. The molecule has 1 saturated carbocycles. The highest BCUT2D eigenvalue weighted by Gasteiger charge is 2.24. The Morgan fingerprint density at radius 2 is 2.29 bits per heavy atom. The molecule has 3 unspecified atom stereocenters. The van der Waals surface area contributed by atoms with Crippen LogP contribution in [-0.4, -0.2) is 28.2 Å². The van der Waals surface area contributed by atoms with Crippen molar-refractivity contribution in [2.75, 3.05) is 6.54 Å². The number of imidazole rings is 1. The summed E-state index contributed by atoms with van der Waals surface area (Å²) in [5, 5.41) is 3.73. The maximum Gasteiger partial charge on any atom is 0.0946 e. The molecule has 1 fully saturated rings. The molecule has 4 nitrogen and oxygen atoms in total. The Bertz CT molecular complexity index is 309. The normalized spacial score (nSPS) is 26.9. The molecule has 0 aliphatic heterocycles. The second kappa shape index (κ2) is 6.17. The van der Waals surface area contributed by atoms with Gasteiger partial charge in [0.1, 0.15) is 0 Å². The van der Waals surface area contributed by atoms with Crippen LogP contribution in [0.4, 0.5) is 0 Å². The zero-order valence-corrected chi connectivity index (χ0v) is 10.7. The summed E-state index contributed by atoms with van der Waals surface area (Å²) in [6.45, 7) is 4.03. The molecule has 0 saturated heterocycles.